The summed E-state index contributed by atoms with van der Waals surface area (Å²) in [6.45, 7) is 0. The second kappa shape index (κ2) is 3.85. The van der Waals surface area contributed by atoms with E-state index in [9.17, 15) is 0 Å². The Hall–Kier alpha value is -1.27. The SMILES string of the molecule is Cn1cc(C(N)Cc2cncs2)nn1. The van der Waals surface area contributed by atoms with Crippen molar-refractivity contribution in [1.82, 2.24) is 20.0 Å². The lowest BCUT2D eigenvalue weighted by Gasteiger charge is -2.04. The van der Waals surface area contributed by atoms with Gasteiger partial charge in [0.05, 0.1) is 17.2 Å². The monoisotopic (exact) mass is 209 g/mol. The molecule has 2 rings (SSSR count). The van der Waals surface area contributed by atoms with E-state index in [1.54, 1.807) is 21.5 Å². The van der Waals surface area contributed by atoms with Crippen molar-refractivity contribution in [1.29, 1.82) is 0 Å². The molecule has 0 aliphatic rings. The molecule has 0 spiro atoms. The highest BCUT2D eigenvalue weighted by Gasteiger charge is 2.11. The van der Waals surface area contributed by atoms with E-state index in [0.717, 1.165) is 12.1 Å². The minimum absolute atomic E-state index is 0.0934. The number of hydrogen-bond donors (Lipinski definition) is 1. The van der Waals surface area contributed by atoms with Crippen molar-refractivity contribution in [2.75, 3.05) is 0 Å². The summed E-state index contributed by atoms with van der Waals surface area (Å²) in [6.07, 6.45) is 4.44. The molecule has 0 fully saturated rings. The van der Waals surface area contributed by atoms with Crippen LogP contribution in [0.2, 0.25) is 0 Å². The van der Waals surface area contributed by atoms with E-state index < -0.39 is 0 Å². The van der Waals surface area contributed by atoms with E-state index in [0.29, 0.717) is 0 Å². The van der Waals surface area contributed by atoms with E-state index in [4.69, 9.17) is 5.73 Å². The van der Waals surface area contributed by atoms with Gasteiger partial charge in [0.15, 0.2) is 0 Å². The molecule has 14 heavy (non-hydrogen) atoms. The van der Waals surface area contributed by atoms with Gasteiger partial charge in [-0.25, -0.2) is 0 Å². The molecule has 74 valence electrons. The second-order valence-corrected chi connectivity index (χ2v) is 4.07. The number of hydrogen-bond acceptors (Lipinski definition) is 5. The fourth-order valence-electron chi connectivity index (χ4n) is 1.20. The Bertz CT molecular complexity index is 394. The topological polar surface area (TPSA) is 69.6 Å². The van der Waals surface area contributed by atoms with Crippen LogP contribution in [-0.4, -0.2) is 20.0 Å². The molecular formula is C8H11N5S. The molecule has 6 heteroatoms. The molecule has 0 aliphatic heterocycles. The fourth-order valence-corrected chi connectivity index (χ4v) is 1.85. The van der Waals surface area contributed by atoms with E-state index in [-0.39, 0.29) is 6.04 Å². The standard InChI is InChI=1S/C8H11N5S/c1-13-4-8(11-12-13)7(9)2-6-3-10-5-14-6/h3-5,7H,2,9H2,1H3. The first-order valence-corrected chi connectivity index (χ1v) is 5.13. The molecule has 2 heterocycles. The molecule has 0 amide bonds. The summed E-state index contributed by atoms with van der Waals surface area (Å²) in [4.78, 5) is 5.17. The first-order valence-electron chi connectivity index (χ1n) is 4.25. The minimum atomic E-state index is -0.0934. The van der Waals surface area contributed by atoms with Gasteiger partial charge in [0, 0.05) is 30.7 Å². The van der Waals surface area contributed by atoms with Crippen LogP contribution in [0.25, 0.3) is 0 Å². The highest BCUT2D eigenvalue weighted by molar-refractivity contribution is 7.09. The van der Waals surface area contributed by atoms with Crippen LogP contribution in [0.5, 0.6) is 0 Å². The van der Waals surface area contributed by atoms with E-state index in [1.165, 1.54) is 4.88 Å². The summed E-state index contributed by atoms with van der Waals surface area (Å²) >= 11 is 1.61. The Morgan fingerprint density at radius 1 is 1.64 bits per heavy atom. The van der Waals surface area contributed by atoms with E-state index >= 15 is 0 Å². The zero-order valence-electron chi connectivity index (χ0n) is 7.79. The van der Waals surface area contributed by atoms with Crippen molar-refractivity contribution in [2.24, 2.45) is 12.8 Å². The maximum Gasteiger partial charge on any atom is 0.0997 e. The third-order valence-corrected chi connectivity index (χ3v) is 2.71. The van der Waals surface area contributed by atoms with Gasteiger partial charge in [-0.15, -0.1) is 16.4 Å². The summed E-state index contributed by atoms with van der Waals surface area (Å²) in [6, 6.07) is -0.0934. The van der Waals surface area contributed by atoms with Crippen molar-refractivity contribution >= 4 is 11.3 Å². The number of thiazole rings is 1. The molecule has 0 saturated carbocycles. The van der Waals surface area contributed by atoms with Crippen LogP contribution in [-0.2, 0) is 13.5 Å². The van der Waals surface area contributed by atoms with Gasteiger partial charge in [0.2, 0.25) is 0 Å². The molecule has 0 radical (unpaired) electrons. The Kier molecular flexibility index (Phi) is 2.55. The van der Waals surface area contributed by atoms with Crippen LogP contribution in [0, 0.1) is 0 Å². The highest BCUT2D eigenvalue weighted by Crippen LogP contribution is 2.15. The fraction of sp³-hybridized carbons (Fsp3) is 0.375. The normalized spacial score (nSPS) is 13.0. The number of aromatic nitrogens is 4. The van der Waals surface area contributed by atoms with E-state index in [2.05, 4.69) is 15.3 Å². The Balaban J connectivity index is 2.06. The van der Waals surface area contributed by atoms with Crippen molar-refractivity contribution in [3.63, 3.8) is 0 Å². The first kappa shape index (κ1) is 9.29. The maximum atomic E-state index is 5.96. The van der Waals surface area contributed by atoms with Crippen LogP contribution < -0.4 is 5.73 Å². The summed E-state index contributed by atoms with van der Waals surface area (Å²) < 4.78 is 1.65. The molecule has 2 aromatic rings. The molecule has 2 N–H and O–H groups in total. The average Bonchev–Trinajstić information content (AvgIpc) is 2.75. The molecule has 0 aromatic carbocycles. The molecule has 0 saturated heterocycles. The van der Waals surface area contributed by atoms with Crippen LogP contribution >= 0.6 is 11.3 Å². The quantitative estimate of drug-likeness (QED) is 0.799. The van der Waals surface area contributed by atoms with Gasteiger partial charge in [0.25, 0.3) is 0 Å². The highest BCUT2D eigenvalue weighted by atomic mass is 32.1. The lowest BCUT2D eigenvalue weighted by atomic mass is 10.1. The Morgan fingerprint density at radius 3 is 3.07 bits per heavy atom. The van der Waals surface area contributed by atoms with Crippen LogP contribution in [0.4, 0.5) is 0 Å². The molecule has 1 unspecified atom stereocenters. The van der Waals surface area contributed by atoms with Gasteiger partial charge in [-0.3, -0.25) is 9.67 Å². The summed E-state index contributed by atoms with van der Waals surface area (Å²) in [5, 5.41) is 7.81. The third kappa shape index (κ3) is 1.97. The van der Waals surface area contributed by atoms with Crippen LogP contribution in [0.15, 0.2) is 17.9 Å². The van der Waals surface area contributed by atoms with Gasteiger partial charge < -0.3 is 5.73 Å². The summed E-state index contributed by atoms with van der Waals surface area (Å²) in [5.41, 5.74) is 8.59. The van der Waals surface area contributed by atoms with Gasteiger partial charge in [-0.1, -0.05) is 5.21 Å². The molecular weight excluding hydrogens is 198 g/mol. The number of rotatable bonds is 3. The third-order valence-electron chi connectivity index (χ3n) is 1.90. The van der Waals surface area contributed by atoms with Crippen molar-refractivity contribution in [2.45, 2.75) is 12.5 Å². The maximum absolute atomic E-state index is 5.96. The molecule has 0 bridgehead atoms. The predicted molar refractivity (Wildman–Crippen MR) is 53.7 cm³/mol. The van der Waals surface area contributed by atoms with E-state index in [1.807, 2.05) is 19.4 Å². The predicted octanol–water partition coefficient (Wildman–Crippen LogP) is 0.514. The lowest BCUT2D eigenvalue weighted by Crippen LogP contribution is -2.13. The summed E-state index contributed by atoms with van der Waals surface area (Å²) in [7, 11) is 1.83. The smallest absolute Gasteiger partial charge is 0.0997 e. The zero-order valence-corrected chi connectivity index (χ0v) is 8.61. The average molecular weight is 209 g/mol. The van der Waals surface area contributed by atoms with Gasteiger partial charge >= 0.3 is 0 Å². The number of aryl methyl sites for hydroxylation is 1. The Labute approximate surface area is 85.6 Å². The largest absolute Gasteiger partial charge is 0.322 e. The second-order valence-electron chi connectivity index (χ2n) is 3.10. The molecule has 0 aliphatic carbocycles. The van der Waals surface area contributed by atoms with Crippen LogP contribution in [0.3, 0.4) is 0 Å². The minimum Gasteiger partial charge on any atom is -0.322 e. The van der Waals surface area contributed by atoms with Crippen molar-refractivity contribution in [3.8, 4) is 0 Å². The summed E-state index contributed by atoms with van der Waals surface area (Å²) in [5.74, 6) is 0. The number of nitrogens with two attached hydrogens (primary N) is 1. The molecule has 2 aromatic heterocycles. The van der Waals surface area contributed by atoms with Gasteiger partial charge in [0.1, 0.15) is 0 Å². The lowest BCUT2D eigenvalue weighted by molar-refractivity contribution is 0.687. The van der Waals surface area contributed by atoms with Crippen molar-refractivity contribution in [3.05, 3.63) is 28.5 Å². The zero-order chi connectivity index (χ0) is 9.97. The molecule has 5 nitrogen and oxygen atoms in total. The van der Waals surface area contributed by atoms with Crippen molar-refractivity contribution < 1.29 is 0 Å². The first-order chi connectivity index (χ1) is 6.75. The van der Waals surface area contributed by atoms with Crippen LogP contribution in [0.1, 0.15) is 16.6 Å². The van der Waals surface area contributed by atoms with Gasteiger partial charge in [-0.05, 0) is 0 Å². The van der Waals surface area contributed by atoms with Gasteiger partial charge in [-0.2, -0.15) is 0 Å². The molecule has 1 atom stereocenters. The number of nitrogens with zero attached hydrogens (tertiary/aromatic N) is 4. The Morgan fingerprint density at radius 2 is 2.50 bits per heavy atom.